The van der Waals surface area contributed by atoms with E-state index < -0.39 is 35.2 Å². The van der Waals surface area contributed by atoms with Gasteiger partial charge in [-0.1, -0.05) is 0 Å². The topological polar surface area (TPSA) is 143 Å². The highest BCUT2D eigenvalue weighted by atomic mass is 16.6. The fraction of sp³-hybridized carbons (Fsp3) is 0.526. The summed E-state index contributed by atoms with van der Waals surface area (Å²) < 4.78 is 20.9. The minimum absolute atomic E-state index is 0.108. The molecule has 0 bridgehead atoms. The number of carbonyl (C=O) groups excluding carboxylic acids is 2. The second-order valence-electron chi connectivity index (χ2n) is 7.90. The lowest BCUT2D eigenvalue weighted by atomic mass is 10.2. The summed E-state index contributed by atoms with van der Waals surface area (Å²) in [6, 6.07) is 1.38. The first-order valence-corrected chi connectivity index (χ1v) is 9.36. The van der Waals surface area contributed by atoms with E-state index in [2.05, 4.69) is 15.0 Å². The highest BCUT2D eigenvalue weighted by molar-refractivity contribution is 5.82. The highest BCUT2D eigenvalue weighted by Gasteiger charge is 2.31. The first-order chi connectivity index (χ1) is 14.1. The van der Waals surface area contributed by atoms with Gasteiger partial charge < -0.3 is 23.9 Å². The lowest BCUT2D eigenvalue weighted by Crippen LogP contribution is -2.47. The summed E-state index contributed by atoms with van der Waals surface area (Å²) in [6.07, 6.45) is 1.09. The van der Waals surface area contributed by atoms with E-state index in [9.17, 15) is 19.7 Å². The summed E-state index contributed by atoms with van der Waals surface area (Å²) in [7, 11) is 1.15. The third-order valence-electron chi connectivity index (χ3n) is 4.19. The second kappa shape index (κ2) is 8.17. The van der Waals surface area contributed by atoms with E-state index in [1.165, 1.54) is 12.1 Å². The van der Waals surface area contributed by atoms with Crippen LogP contribution in [0.2, 0.25) is 0 Å². The van der Waals surface area contributed by atoms with E-state index in [-0.39, 0.29) is 22.9 Å². The number of nitro benzene ring substituents is 1. The van der Waals surface area contributed by atoms with E-state index in [0.29, 0.717) is 11.4 Å². The number of nitro groups is 1. The van der Waals surface area contributed by atoms with E-state index in [4.69, 9.17) is 13.9 Å². The zero-order valence-electron chi connectivity index (χ0n) is 17.1. The van der Waals surface area contributed by atoms with E-state index >= 15 is 0 Å². The number of nitrogens with one attached hydrogen (secondary N) is 1. The van der Waals surface area contributed by atoms with Gasteiger partial charge in [0.15, 0.2) is 23.3 Å². The number of amides is 1. The van der Waals surface area contributed by atoms with Crippen LogP contribution in [0, 0.1) is 10.1 Å². The zero-order valence-corrected chi connectivity index (χ0v) is 17.1. The summed E-state index contributed by atoms with van der Waals surface area (Å²) in [6.45, 7) is 4.60. The molecule has 3 rings (SSSR count). The summed E-state index contributed by atoms with van der Waals surface area (Å²) >= 11 is 0. The van der Waals surface area contributed by atoms with Gasteiger partial charge in [-0.3, -0.25) is 10.1 Å². The number of fused-ring (bicyclic) bond motifs is 1. The Labute approximate surface area is 171 Å². The monoisotopic (exact) mass is 421 g/mol. The average Bonchev–Trinajstić information content (AvgIpc) is 3.41. The van der Waals surface area contributed by atoms with Crippen molar-refractivity contribution < 1.29 is 33.1 Å². The van der Waals surface area contributed by atoms with Gasteiger partial charge >= 0.3 is 17.7 Å². The van der Waals surface area contributed by atoms with Crippen LogP contribution in [0.15, 0.2) is 16.5 Å². The number of alkyl carbamates (subject to hydrolysis) is 1. The summed E-state index contributed by atoms with van der Waals surface area (Å²) in [5, 5.41) is 13.8. The Kier molecular flexibility index (Phi) is 5.81. The van der Waals surface area contributed by atoms with Crippen LogP contribution in [0.5, 0.6) is 5.75 Å². The number of nitrogens with zero attached hydrogens (tertiary/aromatic N) is 2. The molecule has 2 aromatic rings. The van der Waals surface area contributed by atoms with Crippen molar-refractivity contribution in [1.82, 2.24) is 10.3 Å². The Bertz CT molecular complexity index is 974. The molecule has 1 aromatic carbocycles. The third kappa shape index (κ3) is 5.16. The highest BCUT2D eigenvalue weighted by Crippen LogP contribution is 2.42. The Morgan fingerprint density at radius 1 is 1.37 bits per heavy atom. The predicted octanol–water partition coefficient (Wildman–Crippen LogP) is 3.06. The van der Waals surface area contributed by atoms with E-state index in [0.717, 1.165) is 20.0 Å². The number of hydrogen-bond donors (Lipinski definition) is 1. The Morgan fingerprint density at radius 3 is 2.63 bits per heavy atom. The van der Waals surface area contributed by atoms with Crippen LogP contribution in [0.3, 0.4) is 0 Å². The molecule has 1 N–H and O–H groups in total. The molecule has 0 saturated heterocycles. The molecule has 11 heteroatoms. The smallest absolute Gasteiger partial charge is 0.408 e. The predicted molar refractivity (Wildman–Crippen MR) is 103 cm³/mol. The van der Waals surface area contributed by atoms with Crippen LogP contribution in [0.25, 0.3) is 11.1 Å². The summed E-state index contributed by atoms with van der Waals surface area (Å²) in [5.74, 6) is -0.122. The summed E-state index contributed by atoms with van der Waals surface area (Å²) in [5.41, 5.74) is -0.428. The van der Waals surface area contributed by atoms with Crippen LogP contribution in [0.1, 0.15) is 45.4 Å². The fourth-order valence-electron chi connectivity index (χ4n) is 2.66. The van der Waals surface area contributed by atoms with Crippen molar-refractivity contribution >= 4 is 28.8 Å². The SMILES string of the molecule is COC(=O)C(COc1cc2nc(C3CC3)oc2cc1[N+](=O)[O-])NC(=O)OC(C)(C)C. The molecule has 1 atom stereocenters. The van der Waals surface area contributed by atoms with Gasteiger partial charge in [-0.05, 0) is 33.6 Å². The van der Waals surface area contributed by atoms with E-state index in [1.54, 1.807) is 20.8 Å². The third-order valence-corrected chi connectivity index (χ3v) is 4.19. The van der Waals surface area contributed by atoms with Gasteiger partial charge in [0.2, 0.25) is 0 Å². The molecule has 1 unspecified atom stereocenters. The number of ether oxygens (including phenoxy) is 3. The molecule has 0 radical (unpaired) electrons. The Hall–Kier alpha value is -3.37. The molecular weight excluding hydrogens is 398 g/mol. The maximum atomic E-state index is 12.0. The van der Waals surface area contributed by atoms with Gasteiger partial charge in [-0.25, -0.2) is 14.6 Å². The van der Waals surface area contributed by atoms with E-state index in [1.807, 2.05) is 0 Å². The van der Waals surface area contributed by atoms with Crippen molar-refractivity contribution in [3.05, 3.63) is 28.1 Å². The Morgan fingerprint density at radius 2 is 2.07 bits per heavy atom. The quantitative estimate of drug-likeness (QED) is 0.405. The minimum Gasteiger partial charge on any atom is -0.484 e. The first-order valence-electron chi connectivity index (χ1n) is 9.36. The lowest BCUT2D eigenvalue weighted by Gasteiger charge is -2.22. The average molecular weight is 421 g/mol. The largest absolute Gasteiger partial charge is 0.484 e. The maximum absolute atomic E-state index is 12.0. The van der Waals surface area contributed by atoms with Gasteiger partial charge in [0, 0.05) is 12.0 Å². The standard InChI is InChI=1S/C19H23N3O8/c1-19(2,3)30-18(24)21-12(17(23)27-4)9-28-15-7-11-14(8-13(15)22(25)26)29-16(20-11)10-5-6-10/h7-8,10,12H,5-6,9H2,1-4H3,(H,21,24). The van der Waals surface area contributed by atoms with Gasteiger partial charge in [0.05, 0.1) is 18.1 Å². The van der Waals surface area contributed by atoms with Crippen molar-refractivity contribution in [3.63, 3.8) is 0 Å². The van der Waals surface area contributed by atoms with Crippen LogP contribution in [-0.4, -0.2) is 47.3 Å². The molecule has 1 aliphatic rings. The van der Waals surface area contributed by atoms with Crippen molar-refractivity contribution in [2.75, 3.05) is 13.7 Å². The van der Waals surface area contributed by atoms with Gasteiger partial charge in [0.25, 0.3) is 0 Å². The second-order valence-corrected chi connectivity index (χ2v) is 7.90. The molecule has 0 aliphatic heterocycles. The molecule has 1 saturated carbocycles. The van der Waals surface area contributed by atoms with Crippen molar-refractivity contribution in [2.45, 2.75) is 51.2 Å². The maximum Gasteiger partial charge on any atom is 0.408 e. The number of methoxy groups -OCH3 is 1. The molecule has 1 aliphatic carbocycles. The van der Waals surface area contributed by atoms with Gasteiger partial charge in [-0.2, -0.15) is 0 Å². The van der Waals surface area contributed by atoms with Crippen molar-refractivity contribution in [1.29, 1.82) is 0 Å². The van der Waals surface area contributed by atoms with Crippen LogP contribution < -0.4 is 10.1 Å². The number of rotatable bonds is 7. The number of esters is 1. The van der Waals surface area contributed by atoms with Gasteiger partial charge in [0.1, 0.15) is 17.7 Å². The number of carbonyl (C=O) groups is 2. The molecule has 1 heterocycles. The first kappa shape index (κ1) is 21.3. The number of aromatic nitrogens is 1. The molecule has 162 valence electrons. The number of oxazole rings is 1. The fourth-order valence-corrected chi connectivity index (χ4v) is 2.66. The van der Waals surface area contributed by atoms with Crippen molar-refractivity contribution in [3.8, 4) is 5.75 Å². The molecule has 1 amide bonds. The van der Waals surface area contributed by atoms with Crippen LogP contribution in [-0.2, 0) is 14.3 Å². The molecule has 0 spiro atoms. The molecule has 1 aromatic heterocycles. The zero-order chi connectivity index (χ0) is 22.1. The van der Waals surface area contributed by atoms with Crippen LogP contribution >= 0.6 is 0 Å². The summed E-state index contributed by atoms with van der Waals surface area (Å²) in [4.78, 5) is 39.2. The Balaban J connectivity index is 1.79. The lowest BCUT2D eigenvalue weighted by molar-refractivity contribution is -0.385. The molecule has 30 heavy (non-hydrogen) atoms. The molecule has 11 nitrogen and oxygen atoms in total. The van der Waals surface area contributed by atoms with Crippen LogP contribution in [0.4, 0.5) is 10.5 Å². The van der Waals surface area contributed by atoms with Crippen molar-refractivity contribution in [2.24, 2.45) is 0 Å². The normalized spacial score (nSPS) is 14.8. The molecule has 1 fully saturated rings. The number of hydrogen-bond acceptors (Lipinski definition) is 9. The minimum atomic E-state index is -1.24. The molecular formula is C19H23N3O8. The number of benzene rings is 1. The van der Waals surface area contributed by atoms with Gasteiger partial charge in [-0.15, -0.1) is 0 Å².